The number of rotatable bonds is 3. The van der Waals surface area contributed by atoms with Gasteiger partial charge in [-0.05, 0) is 26.0 Å². The zero-order valence-corrected chi connectivity index (χ0v) is 7.52. The third kappa shape index (κ3) is 2.43. The van der Waals surface area contributed by atoms with Crippen molar-refractivity contribution in [2.24, 2.45) is 0 Å². The van der Waals surface area contributed by atoms with Gasteiger partial charge in [-0.1, -0.05) is 0 Å². The Morgan fingerprint density at radius 2 is 2.31 bits per heavy atom. The number of pyridine rings is 1. The van der Waals surface area contributed by atoms with Gasteiger partial charge in [-0.25, -0.2) is 9.78 Å². The Morgan fingerprint density at radius 1 is 1.62 bits per heavy atom. The number of hydrogen-bond acceptors (Lipinski definition) is 3. The summed E-state index contributed by atoms with van der Waals surface area (Å²) in [7, 11) is 0. The molecule has 0 spiro atoms. The van der Waals surface area contributed by atoms with Crippen LogP contribution < -0.4 is 4.74 Å². The van der Waals surface area contributed by atoms with Gasteiger partial charge in [-0.3, -0.25) is 0 Å². The molecular formula is C9H11NO3. The first-order valence-corrected chi connectivity index (χ1v) is 3.96. The minimum absolute atomic E-state index is 0.0452. The van der Waals surface area contributed by atoms with Crippen molar-refractivity contribution in [3.8, 4) is 5.75 Å². The summed E-state index contributed by atoms with van der Waals surface area (Å²) < 4.78 is 5.26. The maximum atomic E-state index is 10.7. The molecule has 0 amide bonds. The summed E-state index contributed by atoms with van der Waals surface area (Å²) in [6, 6.07) is 3.24. The minimum atomic E-state index is -1.07. The molecule has 0 aliphatic rings. The quantitative estimate of drug-likeness (QED) is 0.768. The second-order valence-electron chi connectivity index (χ2n) is 2.82. The van der Waals surface area contributed by atoms with Crippen LogP contribution in [0.3, 0.4) is 0 Å². The Bertz CT molecular complexity index is 309. The van der Waals surface area contributed by atoms with Crippen molar-refractivity contribution in [1.82, 2.24) is 4.98 Å². The average molecular weight is 181 g/mol. The third-order valence-corrected chi connectivity index (χ3v) is 1.34. The third-order valence-electron chi connectivity index (χ3n) is 1.34. The van der Waals surface area contributed by atoms with Crippen LogP contribution in [0.15, 0.2) is 18.3 Å². The first-order chi connectivity index (χ1) is 6.11. The van der Waals surface area contributed by atoms with Crippen LogP contribution in [0.25, 0.3) is 0 Å². The molecule has 1 heterocycles. The van der Waals surface area contributed by atoms with E-state index in [-0.39, 0.29) is 11.8 Å². The molecule has 0 bridgehead atoms. The van der Waals surface area contributed by atoms with Gasteiger partial charge in [-0.15, -0.1) is 0 Å². The maximum absolute atomic E-state index is 10.7. The summed E-state index contributed by atoms with van der Waals surface area (Å²) in [5.41, 5.74) is -0.0452. The van der Waals surface area contributed by atoms with Crippen LogP contribution in [0.4, 0.5) is 0 Å². The van der Waals surface area contributed by atoms with Crippen LogP contribution >= 0.6 is 0 Å². The van der Waals surface area contributed by atoms with Crippen molar-refractivity contribution >= 4 is 5.97 Å². The highest BCUT2D eigenvalue weighted by Gasteiger charge is 2.12. The number of aromatic nitrogens is 1. The molecule has 4 nitrogen and oxygen atoms in total. The fourth-order valence-corrected chi connectivity index (χ4v) is 0.900. The summed E-state index contributed by atoms with van der Waals surface area (Å²) >= 11 is 0. The van der Waals surface area contributed by atoms with E-state index in [1.54, 1.807) is 12.1 Å². The predicted octanol–water partition coefficient (Wildman–Crippen LogP) is 1.57. The summed E-state index contributed by atoms with van der Waals surface area (Å²) in [6.45, 7) is 3.66. The van der Waals surface area contributed by atoms with Gasteiger partial charge in [0.25, 0.3) is 0 Å². The average Bonchev–Trinajstić information content (AvgIpc) is 2.03. The van der Waals surface area contributed by atoms with Crippen LogP contribution in [0, 0.1) is 0 Å². The maximum Gasteiger partial charge on any atom is 0.358 e. The van der Waals surface area contributed by atoms with Crippen molar-refractivity contribution in [2.75, 3.05) is 0 Å². The lowest BCUT2D eigenvalue weighted by molar-refractivity contribution is 0.0683. The molecule has 0 radical (unpaired) electrons. The first kappa shape index (κ1) is 9.51. The van der Waals surface area contributed by atoms with Crippen LogP contribution in [0.2, 0.25) is 0 Å². The Labute approximate surface area is 76.2 Å². The lowest BCUT2D eigenvalue weighted by atomic mass is 10.3. The van der Waals surface area contributed by atoms with E-state index in [4.69, 9.17) is 9.84 Å². The molecular weight excluding hydrogens is 170 g/mol. The summed E-state index contributed by atoms with van der Waals surface area (Å²) in [4.78, 5) is 14.4. The van der Waals surface area contributed by atoms with Gasteiger partial charge < -0.3 is 9.84 Å². The lowest BCUT2D eigenvalue weighted by Crippen LogP contribution is -2.10. The molecule has 13 heavy (non-hydrogen) atoms. The number of aromatic carboxylic acids is 1. The first-order valence-electron chi connectivity index (χ1n) is 3.96. The van der Waals surface area contributed by atoms with Crippen LogP contribution in [0.5, 0.6) is 5.75 Å². The highest BCUT2D eigenvalue weighted by Crippen LogP contribution is 2.16. The standard InChI is InChI=1S/C9H11NO3/c1-6(2)13-7-4-3-5-10-8(7)9(11)12/h3-6H,1-2H3,(H,11,12). The molecule has 70 valence electrons. The van der Waals surface area contributed by atoms with Crippen LogP contribution in [-0.2, 0) is 0 Å². The minimum Gasteiger partial charge on any atom is -0.488 e. The number of carbonyl (C=O) groups is 1. The van der Waals surface area contributed by atoms with E-state index < -0.39 is 5.97 Å². The molecule has 1 N–H and O–H groups in total. The summed E-state index contributed by atoms with van der Waals surface area (Å²) in [5, 5.41) is 8.74. The number of carboxylic acids is 1. The van der Waals surface area contributed by atoms with E-state index >= 15 is 0 Å². The molecule has 0 aliphatic carbocycles. The number of carboxylic acid groups (broad SMARTS) is 1. The van der Waals surface area contributed by atoms with Gasteiger partial charge in [0.1, 0.15) is 0 Å². The van der Waals surface area contributed by atoms with Crippen molar-refractivity contribution in [2.45, 2.75) is 20.0 Å². The predicted molar refractivity (Wildman–Crippen MR) is 47.0 cm³/mol. The van der Waals surface area contributed by atoms with E-state index in [2.05, 4.69) is 4.98 Å². The fraction of sp³-hybridized carbons (Fsp3) is 0.333. The van der Waals surface area contributed by atoms with Gasteiger partial charge in [-0.2, -0.15) is 0 Å². The monoisotopic (exact) mass is 181 g/mol. The molecule has 0 aliphatic heterocycles. The Hall–Kier alpha value is -1.58. The fourth-order valence-electron chi connectivity index (χ4n) is 0.900. The summed E-state index contributed by atoms with van der Waals surface area (Å²) in [5.74, 6) is -0.763. The SMILES string of the molecule is CC(C)Oc1cccnc1C(=O)O. The Morgan fingerprint density at radius 3 is 2.85 bits per heavy atom. The lowest BCUT2D eigenvalue weighted by Gasteiger charge is -2.10. The van der Waals surface area contributed by atoms with Gasteiger partial charge in [0.2, 0.25) is 0 Å². The molecule has 0 fully saturated rings. The number of ether oxygens (including phenoxy) is 1. The molecule has 1 aromatic rings. The highest BCUT2D eigenvalue weighted by molar-refractivity contribution is 5.88. The van der Waals surface area contributed by atoms with E-state index in [1.807, 2.05) is 13.8 Å². The van der Waals surface area contributed by atoms with Gasteiger partial charge >= 0.3 is 5.97 Å². The van der Waals surface area contributed by atoms with E-state index in [1.165, 1.54) is 6.20 Å². The van der Waals surface area contributed by atoms with Gasteiger partial charge in [0, 0.05) is 6.20 Å². The zero-order chi connectivity index (χ0) is 9.84. The molecule has 0 aromatic carbocycles. The molecule has 0 atom stereocenters. The summed E-state index contributed by atoms with van der Waals surface area (Å²) in [6.07, 6.45) is 1.37. The van der Waals surface area contributed by atoms with Crippen molar-refractivity contribution in [3.63, 3.8) is 0 Å². The number of hydrogen-bond donors (Lipinski definition) is 1. The Kier molecular flexibility index (Phi) is 2.84. The molecule has 0 unspecified atom stereocenters. The molecule has 4 heteroatoms. The van der Waals surface area contributed by atoms with E-state index in [9.17, 15) is 4.79 Å². The second-order valence-corrected chi connectivity index (χ2v) is 2.82. The van der Waals surface area contributed by atoms with Crippen molar-refractivity contribution in [3.05, 3.63) is 24.0 Å². The van der Waals surface area contributed by atoms with Gasteiger partial charge in [0.05, 0.1) is 6.10 Å². The number of nitrogens with zero attached hydrogens (tertiary/aromatic N) is 1. The highest BCUT2D eigenvalue weighted by atomic mass is 16.5. The molecule has 1 aromatic heterocycles. The van der Waals surface area contributed by atoms with Crippen molar-refractivity contribution < 1.29 is 14.6 Å². The largest absolute Gasteiger partial charge is 0.488 e. The van der Waals surface area contributed by atoms with Crippen LogP contribution in [-0.4, -0.2) is 22.2 Å². The molecule has 0 saturated carbocycles. The normalized spacial score (nSPS) is 10.1. The topological polar surface area (TPSA) is 59.4 Å². The van der Waals surface area contributed by atoms with Crippen LogP contribution in [0.1, 0.15) is 24.3 Å². The van der Waals surface area contributed by atoms with E-state index in [0.29, 0.717) is 5.75 Å². The Balaban J connectivity index is 2.98. The molecule has 1 rings (SSSR count). The smallest absolute Gasteiger partial charge is 0.358 e. The zero-order valence-electron chi connectivity index (χ0n) is 7.52. The van der Waals surface area contributed by atoms with Gasteiger partial charge in [0.15, 0.2) is 11.4 Å². The van der Waals surface area contributed by atoms with Crippen molar-refractivity contribution in [1.29, 1.82) is 0 Å². The van der Waals surface area contributed by atoms with E-state index in [0.717, 1.165) is 0 Å². The molecule has 0 saturated heterocycles. The second kappa shape index (κ2) is 3.89.